The first kappa shape index (κ1) is 28.6. The molecule has 2 aliphatic rings. The fraction of sp³-hybridized carbons (Fsp3) is 0.484. The number of aryl methyl sites for hydroxylation is 1. The molecule has 3 aromatic heterocycles. The fourth-order valence-corrected chi connectivity index (χ4v) is 7.41. The molecule has 0 N–H and O–H groups in total. The van der Waals surface area contributed by atoms with Crippen LogP contribution in [0.25, 0.3) is 21.0 Å². The number of aromatic nitrogens is 3. The molecule has 6 rings (SSSR count). The lowest BCUT2D eigenvalue weighted by Crippen LogP contribution is -2.52. The number of fused-ring (bicyclic) bond motifs is 3. The summed E-state index contributed by atoms with van der Waals surface area (Å²) in [5, 5.41) is 0.352. The van der Waals surface area contributed by atoms with Gasteiger partial charge in [-0.15, -0.1) is 11.3 Å². The number of hydrogen-bond donors (Lipinski definition) is 0. The average Bonchev–Trinajstić information content (AvgIpc) is 3.69. The molecule has 2 fully saturated rings. The Balaban J connectivity index is 1.55. The van der Waals surface area contributed by atoms with Crippen LogP contribution in [-0.2, 0) is 26.4 Å². The highest BCUT2D eigenvalue weighted by atomic mass is 32.1. The lowest BCUT2D eigenvalue weighted by atomic mass is 10.00. The Morgan fingerprint density at radius 2 is 1.90 bits per heavy atom. The summed E-state index contributed by atoms with van der Waals surface area (Å²) >= 11 is 1.27. The molecule has 222 valence electrons. The number of hydrogen-bond acceptors (Lipinski definition) is 9. The molecule has 0 spiro atoms. The Morgan fingerprint density at radius 3 is 2.55 bits per heavy atom. The molecule has 0 radical (unpaired) electrons. The van der Waals surface area contributed by atoms with Crippen LogP contribution in [0.1, 0.15) is 63.7 Å². The maximum Gasteiger partial charge on any atom is 0.333 e. The Bertz CT molecular complexity index is 1740. The van der Waals surface area contributed by atoms with Gasteiger partial charge in [0.15, 0.2) is 5.78 Å². The molecule has 2 aliphatic heterocycles. The third-order valence-corrected chi connectivity index (χ3v) is 10.0. The van der Waals surface area contributed by atoms with E-state index in [1.54, 1.807) is 25.5 Å². The van der Waals surface area contributed by atoms with Gasteiger partial charge in [-0.2, -0.15) is 0 Å². The average molecular weight is 594 g/mol. The summed E-state index contributed by atoms with van der Waals surface area (Å²) in [6.45, 7) is 6.49. The first-order valence-corrected chi connectivity index (χ1v) is 15.1. The Morgan fingerprint density at radius 1 is 1.19 bits per heavy atom. The second-order valence-corrected chi connectivity index (χ2v) is 12.6. The van der Waals surface area contributed by atoms with Crippen LogP contribution in [0.4, 0.5) is 0 Å². The van der Waals surface area contributed by atoms with E-state index < -0.39 is 22.9 Å². The van der Waals surface area contributed by atoms with E-state index in [1.165, 1.54) is 30.7 Å². The van der Waals surface area contributed by atoms with Gasteiger partial charge in [-0.3, -0.25) is 14.2 Å². The molecular formula is C31H35N3O7S. The van der Waals surface area contributed by atoms with Gasteiger partial charge in [0.05, 0.1) is 48.4 Å². The van der Waals surface area contributed by atoms with Crippen LogP contribution in [0, 0.1) is 6.92 Å². The molecule has 2 saturated heterocycles. The number of nitrogens with zero attached hydrogens (tertiary/aromatic N) is 3. The predicted molar refractivity (Wildman–Crippen MR) is 158 cm³/mol. The van der Waals surface area contributed by atoms with Crippen molar-refractivity contribution in [2.24, 2.45) is 0 Å². The first-order valence-electron chi connectivity index (χ1n) is 14.2. The van der Waals surface area contributed by atoms with E-state index in [9.17, 15) is 14.4 Å². The minimum Gasteiger partial charge on any atom is -0.496 e. The van der Waals surface area contributed by atoms with Gasteiger partial charge in [0.1, 0.15) is 28.5 Å². The van der Waals surface area contributed by atoms with Gasteiger partial charge in [0.2, 0.25) is 5.89 Å². The topological polar surface area (TPSA) is 115 Å². The quantitative estimate of drug-likeness (QED) is 0.267. The van der Waals surface area contributed by atoms with Crippen molar-refractivity contribution >= 4 is 27.3 Å². The van der Waals surface area contributed by atoms with Crippen LogP contribution in [0.5, 0.6) is 5.75 Å². The van der Waals surface area contributed by atoms with Crippen LogP contribution >= 0.6 is 11.3 Å². The van der Waals surface area contributed by atoms with E-state index in [2.05, 4.69) is 4.98 Å². The molecule has 0 saturated carbocycles. The molecule has 2 bridgehead atoms. The van der Waals surface area contributed by atoms with Gasteiger partial charge in [-0.25, -0.2) is 14.3 Å². The van der Waals surface area contributed by atoms with Crippen LogP contribution in [0.15, 0.2) is 50.7 Å². The number of para-hydroxylation sites is 1. The maximum absolute atomic E-state index is 14.3. The molecule has 4 aromatic rings. The van der Waals surface area contributed by atoms with Crippen LogP contribution in [-0.4, -0.2) is 45.3 Å². The summed E-state index contributed by atoms with van der Waals surface area (Å²) in [5.41, 5.74) is -1.04. The predicted octanol–water partition coefficient (Wildman–Crippen LogP) is 4.99. The summed E-state index contributed by atoms with van der Waals surface area (Å²) in [6.07, 6.45) is 6.29. The summed E-state index contributed by atoms with van der Waals surface area (Å²) in [7, 11) is 1.61. The van der Waals surface area contributed by atoms with Crippen molar-refractivity contribution in [3.05, 3.63) is 68.7 Å². The number of carbonyl (C=O) groups is 1. The SMILES string of the molecule is COc1ccccc1[C@H](Cn1c(=O)n(C(C)(C)C(C)=O)c(=O)c2c(C)c(-c3ncco3)sc21)OC1C[C@H]2CC[C@@H](C1)O2. The third kappa shape index (κ3) is 4.83. The molecule has 5 heterocycles. The molecular weight excluding hydrogens is 558 g/mol. The van der Waals surface area contributed by atoms with E-state index in [-0.39, 0.29) is 30.6 Å². The van der Waals surface area contributed by atoms with E-state index in [4.69, 9.17) is 18.6 Å². The summed E-state index contributed by atoms with van der Waals surface area (Å²) in [4.78, 5) is 46.5. The largest absolute Gasteiger partial charge is 0.496 e. The zero-order valence-corrected chi connectivity index (χ0v) is 25.2. The van der Waals surface area contributed by atoms with Gasteiger partial charge in [-0.1, -0.05) is 18.2 Å². The summed E-state index contributed by atoms with van der Waals surface area (Å²) < 4.78 is 26.8. The molecule has 42 heavy (non-hydrogen) atoms. The van der Waals surface area contributed by atoms with E-state index in [0.29, 0.717) is 32.3 Å². The van der Waals surface area contributed by atoms with E-state index in [0.717, 1.165) is 35.8 Å². The van der Waals surface area contributed by atoms with Gasteiger partial charge in [0, 0.05) is 5.56 Å². The highest BCUT2D eigenvalue weighted by Gasteiger charge is 2.38. The van der Waals surface area contributed by atoms with Crippen molar-refractivity contribution in [3.63, 3.8) is 0 Å². The normalized spacial score (nSPS) is 21.1. The molecule has 0 amide bonds. The van der Waals surface area contributed by atoms with Crippen molar-refractivity contribution in [1.29, 1.82) is 0 Å². The smallest absolute Gasteiger partial charge is 0.333 e. The lowest BCUT2D eigenvalue weighted by molar-refractivity contribution is -0.124. The molecule has 1 aromatic carbocycles. The highest BCUT2D eigenvalue weighted by molar-refractivity contribution is 7.22. The molecule has 1 unspecified atom stereocenters. The Kier molecular flexibility index (Phi) is 7.44. The molecule has 10 nitrogen and oxygen atoms in total. The number of oxazole rings is 1. The number of methoxy groups -OCH3 is 1. The van der Waals surface area contributed by atoms with Gasteiger partial charge in [-0.05, 0) is 65.0 Å². The van der Waals surface area contributed by atoms with Gasteiger partial charge < -0.3 is 18.6 Å². The van der Waals surface area contributed by atoms with Crippen LogP contribution in [0.3, 0.4) is 0 Å². The number of Topliss-reactive ketones (excluding diaryl/α,β-unsaturated/α-hetero) is 1. The second-order valence-electron chi connectivity index (χ2n) is 11.6. The van der Waals surface area contributed by atoms with E-state index in [1.807, 2.05) is 31.2 Å². The van der Waals surface area contributed by atoms with Crippen molar-refractivity contribution < 1.29 is 23.4 Å². The number of carbonyl (C=O) groups excluding carboxylic acids is 1. The third-order valence-electron chi connectivity index (χ3n) is 8.70. The van der Waals surface area contributed by atoms with Crippen molar-refractivity contribution in [2.45, 2.75) is 89.9 Å². The standard InChI is InChI=1S/C31H35N3O7S/c1-17-25-28(36)34(31(3,4)18(2)35)30(37)33(29(25)42-26(17)27-32-12-13-39-27)16-24(22-8-6-7-9-23(22)38-5)41-21-14-19-10-11-20(15-21)40-19/h6-9,12-13,19-21,24H,10-11,14-16H2,1-5H3/t19-,20+,21?,24-/m0/s1. The second kappa shape index (κ2) is 10.9. The fourth-order valence-electron chi connectivity index (χ4n) is 6.16. The lowest BCUT2D eigenvalue weighted by Gasteiger charge is -2.33. The zero-order valence-electron chi connectivity index (χ0n) is 24.4. The molecule has 11 heteroatoms. The van der Waals surface area contributed by atoms with E-state index >= 15 is 0 Å². The van der Waals surface area contributed by atoms with Gasteiger partial charge in [0.25, 0.3) is 5.56 Å². The number of thiophene rings is 1. The summed E-state index contributed by atoms with van der Waals surface area (Å²) in [6, 6.07) is 7.61. The minimum absolute atomic E-state index is 0.0649. The maximum atomic E-state index is 14.3. The van der Waals surface area contributed by atoms with Crippen LogP contribution < -0.4 is 16.0 Å². The van der Waals surface area contributed by atoms with Gasteiger partial charge >= 0.3 is 5.69 Å². The summed E-state index contributed by atoms with van der Waals surface area (Å²) in [5.74, 6) is 0.699. The van der Waals surface area contributed by atoms with Crippen molar-refractivity contribution in [1.82, 2.24) is 14.1 Å². The monoisotopic (exact) mass is 593 g/mol. The first-order chi connectivity index (χ1) is 20.1. The number of ether oxygens (including phenoxy) is 3. The highest BCUT2D eigenvalue weighted by Crippen LogP contribution is 2.40. The van der Waals surface area contributed by atoms with Crippen molar-refractivity contribution in [2.75, 3.05) is 7.11 Å². The van der Waals surface area contributed by atoms with Crippen LogP contribution in [0.2, 0.25) is 0 Å². The zero-order chi connectivity index (χ0) is 29.8. The molecule has 4 atom stereocenters. The minimum atomic E-state index is -1.37. The number of rotatable bonds is 9. The number of ketones is 1. The Hall–Kier alpha value is -3.54. The molecule has 0 aliphatic carbocycles. The Labute approximate surface area is 246 Å². The van der Waals surface area contributed by atoms with Crippen molar-refractivity contribution in [3.8, 4) is 16.5 Å². The number of benzene rings is 1.